The number of nitrogens with zero attached hydrogens (tertiary/aromatic N) is 2. The maximum absolute atomic E-state index is 9.23. The molecular formula is C15H23N3O. The molecule has 2 rings (SSSR count). The number of benzene rings is 1. The van der Waals surface area contributed by atoms with Crippen molar-refractivity contribution in [3.63, 3.8) is 0 Å². The standard InChI is InChI=1S/C15H23N3O/c1-3-9-18-14-8-6-5-7-13(14)17-15(18)10-16-12(4-2)11-19/h5-8,12,16,19H,3-4,9-11H2,1-2H3. The number of para-hydroxylation sites is 2. The topological polar surface area (TPSA) is 50.1 Å². The number of hydrogen-bond acceptors (Lipinski definition) is 3. The van der Waals surface area contributed by atoms with Crippen LogP contribution in [0.1, 0.15) is 32.5 Å². The number of imidazole rings is 1. The molecule has 0 aliphatic rings. The molecule has 0 spiro atoms. The highest BCUT2D eigenvalue weighted by Gasteiger charge is 2.11. The lowest BCUT2D eigenvalue weighted by Gasteiger charge is -2.14. The van der Waals surface area contributed by atoms with E-state index in [9.17, 15) is 5.11 Å². The van der Waals surface area contributed by atoms with Crippen LogP contribution in [0.2, 0.25) is 0 Å². The van der Waals surface area contributed by atoms with Gasteiger partial charge in [0.1, 0.15) is 5.82 Å². The van der Waals surface area contributed by atoms with E-state index in [1.54, 1.807) is 0 Å². The van der Waals surface area contributed by atoms with Crippen molar-refractivity contribution in [2.45, 2.75) is 45.8 Å². The smallest absolute Gasteiger partial charge is 0.123 e. The number of aryl methyl sites for hydroxylation is 1. The van der Waals surface area contributed by atoms with Gasteiger partial charge in [0, 0.05) is 12.6 Å². The van der Waals surface area contributed by atoms with Gasteiger partial charge in [-0.05, 0) is 25.0 Å². The van der Waals surface area contributed by atoms with E-state index in [1.807, 2.05) is 12.1 Å². The molecule has 0 fully saturated rings. The van der Waals surface area contributed by atoms with Crippen molar-refractivity contribution in [1.82, 2.24) is 14.9 Å². The molecule has 1 atom stereocenters. The molecule has 0 amide bonds. The van der Waals surface area contributed by atoms with Crippen LogP contribution in [0.25, 0.3) is 11.0 Å². The van der Waals surface area contributed by atoms with E-state index in [4.69, 9.17) is 4.98 Å². The highest BCUT2D eigenvalue weighted by Crippen LogP contribution is 2.16. The highest BCUT2D eigenvalue weighted by molar-refractivity contribution is 5.75. The average molecular weight is 261 g/mol. The van der Waals surface area contributed by atoms with Crippen LogP contribution in [0.15, 0.2) is 24.3 Å². The number of aromatic nitrogens is 2. The Labute approximate surface area is 114 Å². The fourth-order valence-electron chi connectivity index (χ4n) is 2.31. The summed E-state index contributed by atoms with van der Waals surface area (Å²) >= 11 is 0. The predicted octanol–water partition coefficient (Wildman–Crippen LogP) is 2.31. The SMILES string of the molecule is CCCn1c(CNC(CC)CO)nc2ccccc21. The van der Waals surface area contributed by atoms with Crippen LogP contribution >= 0.6 is 0 Å². The number of hydrogen-bond donors (Lipinski definition) is 2. The number of fused-ring (bicyclic) bond motifs is 1. The summed E-state index contributed by atoms with van der Waals surface area (Å²) in [5, 5.41) is 12.6. The molecule has 1 aromatic heterocycles. The van der Waals surface area contributed by atoms with Crippen molar-refractivity contribution in [3.05, 3.63) is 30.1 Å². The Bertz CT molecular complexity index is 517. The molecule has 2 aromatic rings. The van der Waals surface area contributed by atoms with Crippen LogP contribution in [-0.4, -0.2) is 27.3 Å². The second-order valence-electron chi connectivity index (χ2n) is 4.84. The highest BCUT2D eigenvalue weighted by atomic mass is 16.3. The lowest BCUT2D eigenvalue weighted by Crippen LogP contribution is -2.32. The lowest BCUT2D eigenvalue weighted by molar-refractivity contribution is 0.237. The molecule has 1 unspecified atom stereocenters. The van der Waals surface area contributed by atoms with Gasteiger partial charge in [0.25, 0.3) is 0 Å². The van der Waals surface area contributed by atoms with Gasteiger partial charge in [-0.15, -0.1) is 0 Å². The minimum atomic E-state index is 0.148. The van der Waals surface area contributed by atoms with Crippen LogP contribution in [0.3, 0.4) is 0 Å². The van der Waals surface area contributed by atoms with E-state index < -0.39 is 0 Å². The van der Waals surface area contributed by atoms with Crippen molar-refractivity contribution >= 4 is 11.0 Å². The van der Waals surface area contributed by atoms with Gasteiger partial charge < -0.3 is 15.0 Å². The third-order valence-corrected chi connectivity index (χ3v) is 3.44. The Morgan fingerprint density at radius 3 is 2.79 bits per heavy atom. The Morgan fingerprint density at radius 1 is 1.32 bits per heavy atom. The molecule has 0 bridgehead atoms. The molecule has 104 valence electrons. The van der Waals surface area contributed by atoms with Gasteiger partial charge in [-0.3, -0.25) is 0 Å². The summed E-state index contributed by atoms with van der Waals surface area (Å²) in [5.41, 5.74) is 2.24. The van der Waals surface area contributed by atoms with Crippen molar-refractivity contribution in [1.29, 1.82) is 0 Å². The summed E-state index contributed by atoms with van der Waals surface area (Å²) in [4.78, 5) is 4.69. The van der Waals surface area contributed by atoms with Gasteiger partial charge in [-0.25, -0.2) is 4.98 Å². The first kappa shape index (κ1) is 14.0. The molecule has 0 aliphatic carbocycles. The fourth-order valence-corrected chi connectivity index (χ4v) is 2.31. The van der Waals surface area contributed by atoms with Crippen molar-refractivity contribution < 1.29 is 5.11 Å². The van der Waals surface area contributed by atoms with Crippen LogP contribution < -0.4 is 5.32 Å². The van der Waals surface area contributed by atoms with E-state index in [0.717, 1.165) is 30.7 Å². The summed E-state index contributed by atoms with van der Waals surface area (Å²) in [7, 11) is 0. The van der Waals surface area contributed by atoms with Crippen LogP contribution in [0, 0.1) is 0 Å². The van der Waals surface area contributed by atoms with E-state index in [0.29, 0.717) is 6.54 Å². The first-order chi connectivity index (χ1) is 9.30. The quantitative estimate of drug-likeness (QED) is 0.804. The van der Waals surface area contributed by atoms with Crippen LogP contribution in [-0.2, 0) is 13.1 Å². The van der Waals surface area contributed by atoms with E-state index in [2.05, 4.69) is 35.9 Å². The van der Waals surface area contributed by atoms with E-state index in [1.165, 1.54) is 5.52 Å². The lowest BCUT2D eigenvalue weighted by atomic mass is 10.2. The maximum Gasteiger partial charge on any atom is 0.123 e. The van der Waals surface area contributed by atoms with Gasteiger partial charge in [-0.2, -0.15) is 0 Å². The molecule has 1 heterocycles. The molecule has 0 saturated heterocycles. The molecule has 0 saturated carbocycles. The third kappa shape index (κ3) is 3.14. The number of aliphatic hydroxyl groups is 1. The molecular weight excluding hydrogens is 238 g/mol. The van der Waals surface area contributed by atoms with Crippen LogP contribution in [0.5, 0.6) is 0 Å². The minimum Gasteiger partial charge on any atom is -0.395 e. The van der Waals surface area contributed by atoms with Crippen molar-refractivity contribution in [3.8, 4) is 0 Å². The van der Waals surface area contributed by atoms with Crippen LogP contribution in [0.4, 0.5) is 0 Å². The maximum atomic E-state index is 9.23. The Morgan fingerprint density at radius 2 is 2.11 bits per heavy atom. The molecule has 0 radical (unpaired) electrons. The van der Waals surface area contributed by atoms with E-state index in [-0.39, 0.29) is 12.6 Å². The monoisotopic (exact) mass is 261 g/mol. The average Bonchev–Trinajstić information content (AvgIpc) is 2.79. The molecule has 4 nitrogen and oxygen atoms in total. The molecule has 2 N–H and O–H groups in total. The van der Waals surface area contributed by atoms with Gasteiger partial charge >= 0.3 is 0 Å². The normalized spacial score (nSPS) is 13.0. The number of nitrogens with one attached hydrogen (secondary N) is 1. The van der Waals surface area contributed by atoms with E-state index >= 15 is 0 Å². The summed E-state index contributed by atoms with van der Waals surface area (Å²) in [5.74, 6) is 1.05. The predicted molar refractivity (Wildman–Crippen MR) is 78.0 cm³/mol. The zero-order chi connectivity index (χ0) is 13.7. The second-order valence-corrected chi connectivity index (χ2v) is 4.84. The largest absolute Gasteiger partial charge is 0.395 e. The first-order valence-electron chi connectivity index (χ1n) is 7.08. The second kappa shape index (κ2) is 6.68. The number of rotatable bonds is 7. The van der Waals surface area contributed by atoms with Gasteiger partial charge in [0.15, 0.2) is 0 Å². The van der Waals surface area contributed by atoms with Gasteiger partial charge in [0.05, 0.1) is 24.2 Å². The Balaban J connectivity index is 2.23. The third-order valence-electron chi connectivity index (χ3n) is 3.44. The number of aliphatic hydroxyl groups excluding tert-OH is 1. The van der Waals surface area contributed by atoms with Gasteiger partial charge in [0.2, 0.25) is 0 Å². The zero-order valence-corrected chi connectivity index (χ0v) is 11.8. The summed E-state index contributed by atoms with van der Waals surface area (Å²) in [6, 6.07) is 8.38. The fraction of sp³-hybridized carbons (Fsp3) is 0.533. The van der Waals surface area contributed by atoms with Crippen molar-refractivity contribution in [2.24, 2.45) is 0 Å². The van der Waals surface area contributed by atoms with Crippen molar-refractivity contribution in [2.75, 3.05) is 6.61 Å². The first-order valence-corrected chi connectivity index (χ1v) is 7.08. The summed E-state index contributed by atoms with van der Waals surface area (Å²) in [6.45, 7) is 6.10. The summed E-state index contributed by atoms with van der Waals surface area (Å²) in [6.07, 6.45) is 2.01. The van der Waals surface area contributed by atoms with Gasteiger partial charge in [-0.1, -0.05) is 26.0 Å². The molecule has 1 aromatic carbocycles. The minimum absolute atomic E-state index is 0.148. The molecule has 0 aliphatic heterocycles. The molecule has 19 heavy (non-hydrogen) atoms. The molecule has 4 heteroatoms. The Kier molecular flexibility index (Phi) is 4.93. The summed E-state index contributed by atoms with van der Waals surface area (Å²) < 4.78 is 2.27. The zero-order valence-electron chi connectivity index (χ0n) is 11.8. The Hall–Kier alpha value is -1.39.